The van der Waals surface area contributed by atoms with Crippen LogP contribution in [0.1, 0.15) is 12.5 Å². The molecule has 1 rings (SSSR count). The molecule has 0 aliphatic carbocycles. The lowest BCUT2D eigenvalue weighted by Gasteiger charge is -2.15. The largest absolute Gasteiger partial charge is 0.383 e. The summed E-state index contributed by atoms with van der Waals surface area (Å²) in [6, 6.07) is 2.11. The van der Waals surface area contributed by atoms with Gasteiger partial charge in [-0.25, -0.2) is 13.2 Å². The Hall–Kier alpha value is -1.11. The zero-order valence-electron chi connectivity index (χ0n) is 11.1. The summed E-state index contributed by atoms with van der Waals surface area (Å²) in [5, 5.41) is 6.25. The molecule has 1 atom stereocenters. The van der Waals surface area contributed by atoms with Gasteiger partial charge in [0.2, 0.25) is 0 Å². The molecule has 6 heteroatoms. The number of ether oxygens (including phenoxy) is 1. The van der Waals surface area contributed by atoms with E-state index in [4.69, 9.17) is 4.74 Å². The average Bonchev–Trinajstić information content (AvgIpc) is 2.38. The summed E-state index contributed by atoms with van der Waals surface area (Å²) in [6.07, 6.45) is 0. The molecular formula is C13H19F3N2O. The molecule has 3 nitrogen and oxygen atoms in total. The number of halogens is 3. The summed E-state index contributed by atoms with van der Waals surface area (Å²) in [5.74, 6) is -3.76. The first-order valence-electron chi connectivity index (χ1n) is 6.11. The van der Waals surface area contributed by atoms with E-state index in [1.54, 1.807) is 7.11 Å². The molecule has 0 spiro atoms. The minimum Gasteiger partial charge on any atom is -0.383 e. The van der Waals surface area contributed by atoms with Gasteiger partial charge in [0.05, 0.1) is 6.61 Å². The number of methoxy groups -OCH3 is 1. The van der Waals surface area contributed by atoms with E-state index in [9.17, 15) is 13.2 Å². The summed E-state index contributed by atoms with van der Waals surface area (Å²) in [7, 11) is 1.63. The second-order valence-electron chi connectivity index (χ2n) is 4.35. The van der Waals surface area contributed by atoms with Crippen LogP contribution in [0.2, 0.25) is 0 Å². The lowest BCUT2D eigenvalue weighted by Crippen LogP contribution is -2.37. The summed E-state index contributed by atoms with van der Waals surface area (Å²) in [4.78, 5) is 0. The normalized spacial score (nSPS) is 12.7. The summed E-state index contributed by atoms with van der Waals surface area (Å²) >= 11 is 0. The van der Waals surface area contributed by atoms with E-state index >= 15 is 0 Å². The molecule has 0 aromatic heterocycles. The van der Waals surface area contributed by atoms with Gasteiger partial charge in [0.25, 0.3) is 0 Å². The molecule has 1 aromatic rings. The highest BCUT2D eigenvalue weighted by molar-refractivity contribution is 5.19. The highest BCUT2D eigenvalue weighted by Gasteiger charge is 2.10. The third-order valence-electron chi connectivity index (χ3n) is 2.63. The van der Waals surface area contributed by atoms with Crippen LogP contribution in [0.25, 0.3) is 0 Å². The van der Waals surface area contributed by atoms with Crippen molar-refractivity contribution in [2.24, 2.45) is 0 Å². The third kappa shape index (κ3) is 5.59. The predicted molar refractivity (Wildman–Crippen MR) is 67.4 cm³/mol. The van der Waals surface area contributed by atoms with Crippen LogP contribution in [-0.4, -0.2) is 32.8 Å². The Morgan fingerprint density at radius 1 is 1.21 bits per heavy atom. The lowest BCUT2D eigenvalue weighted by molar-refractivity contribution is 0.198. The Morgan fingerprint density at radius 2 is 1.84 bits per heavy atom. The van der Waals surface area contributed by atoms with Crippen LogP contribution in [-0.2, 0) is 11.3 Å². The second kappa shape index (κ2) is 8.14. The van der Waals surface area contributed by atoms with Crippen LogP contribution in [0, 0.1) is 17.5 Å². The molecule has 0 aliphatic rings. The fourth-order valence-corrected chi connectivity index (χ4v) is 1.57. The van der Waals surface area contributed by atoms with Crippen molar-refractivity contribution in [3.05, 3.63) is 35.1 Å². The van der Waals surface area contributed by atoms with Crippen molar-refractivity contribution in [3.8, 4) is 0 Å². The van der Waals surface area contributed by atoms with Gasteiger partial charge < -0.3 is 15.4 Å². The molecular weight excluding hydrogens is 257 g/mol. The number of hydrogen-bond acceptors (Lipinski definition) is 3. The molecule has 0 heterocycles. The van der Waals surface area contributed by atoms with Gasteiger partial charge in [-0.2, -0.15) is 0 Å². The maximum atomic E-state index is 13.0. The van der Waals surface area contributed by atoms with E-state index in [0.717, 1.165) is 18.7 Å². The van der Waals surface area contributed by atoms with Gasteiger partial charge in [0.15, 0.2) is 17.5 Å². The molecule has 0 fully saturated rings. The van der Waals surface area contributed by atoms with E-state index in [0.29, 0.717) is 18.7 Å². The zero-order chi connectivity index (χ0) is 14.3. The van der Waals surface area contributed by atoms with Crippen LogP contribution in [0.15, 0.2) is 12.1 Å². The van der Waals surface area contributed by atoms with Gasteiger partial charge in [-0.1, -0.05) is 0 Å². The topological polar surface area (TPSA) is 33.3 Å². The monoisotopic (exact) mass is 276 g/mol. The minimum absolute atomic E-state index is 0.119. The maximum Gasteiger partial charge on any atom is 0.194 e. The molecule has 108 valence electrons. The third-order valence-corrected chi connectivity index (χ3v) is 2.63. The Labute approximate surface area is 111 Å². The van der Waals surface area contributed by atoms with E-state index in [-0.39, 0.29) is 12.6 Å². The van der Waals surface area contributed by atoms with Crippen molar-refractivity contribution in [3.63, 3.8) is 0 Å². The SMILES string of the molecule is COCCNCC(C)NCc1cc(F)c(F)c(F)c1. The molecule has 0 amide bonds. The summed E-state index contributed by atoms with van der Waals surface area (Å²) in [6.45, 7) is 4.29. The average molecular weight is 276 g/mol. The maximum absolute atomic E-state index is 13.0. The second-order valence-corrected chi connectivity index (χ2v) is 4.35. The van der Waals surface area contributed by atoms with Gasteiger partial charge in [0.1, 0.15) is 0 Å². The standard InChI is InChI=1S/C13H19F3N2O/c1-9(7-17-3-4-19-2)18-8-10-5-11(14)13(16)12(15)6-10/h5-6,9,17-18H,3-4,7-8H2,1-2H3. The molecule has 0 saturated carbocycles. The first-order chi connectivity index (χ1) is 9.04. The van der Waals surface area contributed by atoms with Crippen LogP contribution < -0.4 is 10.6 Å². The number of nitrogens with one attached hydrogen (secondary N) is 2. The van der Waals surface area contributed by atoms with Gasteiger partial charge in [-0.3, -0.25) is 0 Å². The van der Waals surface area contributed by atoms with E-state index in [2.05, 4.69) is 10.6 Å². The fourth-order valence-electron chi connectivity index (χ4n) is 1.57. The van der Waals surface area contributed by atoms with Crippen molar-refractivity contribution in [2.75, 3.05) is 26.8 Å². The number of hydrogen-bond donors (Lipinski definition) is 2. The molecule has 1 unspecified atom stereocenters. The quantitative estimate of drug-likeness (QED) is 0.561. The van der Waals surface area contributed by atoms with Crippen molar-refractivity contribution >= 4 is 0 Å². The van der Waals surface area contributed by atoms with Gasteiger partial charge in [0, 0.05) is 32.8 Å². The highest BCUT2D eigenvalue weighted by Crippen LogP contribution is 2.13. The van der Waals surface area contributed by atoms with Crippen molar-refractivity contribution in [1.29, 1.82) is 0 Å². The van der Waals surface area contributed by atoms with Crippen LogP contribution in [0.3, 0.4) is 0 Å². The molecule has 0 bridgehead atoms. The van der Waals surface area contributed by atoms with E-state index < -0.39 is 17.5 Å². The smallest absolute Gasteiger partial charge is 0.194 e. The minimum atomic E-state index is -1.43. The Kier molecular flexibility index (Phi) is 6.83. The first-order valence-corrected chi connectivity index (χ1v) is 6.11. The molecule has 19 heavy (non-hydrogen) atoms. The molecule has 0 aliphatic heterocycles. The zero-order valence-corrected chi connectivity index (χ0v) is 11.1. The van der Waals surface area contributed by atoms with Gasteiger partial charge >= 0.3 is 0 Å². The van der Waals surface area contributed by atoms with Crippen LogP contribution >= 0.6 is 0 Å². The highest BCUT2D eigenvalue weighted by atomic mass is 19.2. The lowest BCUT2D eigenvalue weighted by atomic mass is 10.2. The van der Waals surface area contributed by atoms with E-state index in [1.807, 2.05) is 6.92 Å². The Balaban J connectivity index is 2.36. The fraction of sp³-hybridized carbons (Fsp3) is 0.538. The number of benzene rings is 1. The van der Waals surface area contributed by atoms with Crippen LogP contribution in [0.5, 0.6) is 0 Å². The van der Waals surface area contributed by atoms with Crippen molar-refractivity contribution in [1.82, 2.24) is 10.6 Å². The molecule has 2 N–H and O–H groups in total. The Bertz CT molecular complexity index is 378. The number of rotatable bonds is 8. The van der Waals surface area contributed by atoms with Crippen molar-refractivity contribution < 1.29 is 17.9 Å². The predicted octanol–water partition coefficient (Wildman–Crippen LogP) is 1.82. The van der Waals surface area contributed by atoms with Crippen LogP contribution in [0.4, 0.5) is 13.2 Å². The molecule has 1 aromatic carbocycles. The Morgan fingerprint density at radius 3 is 2.42 bits per heavy atom. The van der Waals surface area contributed by atoms with Crippen molar-refractivity contribution in [2.45, 2.75) is 19.5 Å². The van der Waals surface area contributed by atoms with Gasteiger partial charge in [-0.15, -0.1) is 0 Å². The summed E-state index contributed by atoms with van der Waals surface area (Å²) in [5.41, 5.74) is 0.375. The van der Waals surface area contributed by atoms with E-state index in [1.165, 1.54) is 0 Å². The molecule has 0 radical (unpaired) electrons. The van der Waals surface area contributed by atoms with Gasteiger partial charge in [-0.05, 0) is 24.6 Å². The molecule has 0 saturated heterocycles. The summed E-state index contributed by atoms with van der Waals surface area (Å²) < 4.78 is 43.6. The first kappa shape index (κ1) is 15.9.